The van der Waals surface area contributed by atoms with Crippen LogP contribution in [0.25, 0.3) is 54.6 Å². The molecule has 0 saturated heterocycles. The number of hydrogen-bond donors (Lipinski definition) is 0. The van der Waals surface area contributed by atoms with Gasteiger partial charge >= 0.3 is 0 Å². The van der Waals surface area contributed by atoms with Gasteiger partial charge in [-0.25, -0.2) is 0 Å². The molecule has 0 unspecified atom stereocenters. The molecule has 4 heteroatoms. The average molecular weight is 827 g/mol. The van der Waals surface area contributed by atoms with Crippen molar-refractivity contribution >= 4 is 103 Å². The topological polar surface area (TPSA) is 6.48 Å². The Hall–Kier alpha value is -6.99. The number of hydrogen-bond acceptors (Lipinski definition) is 2. The summed E-state index contributed by atoms with van der Waals surface area (Å²) in [5.74, 6) is 0. The summed E-state index contributed by atoms with van der Waals surface area (Å²) in [4.78, 5) is 4.91. The minimum absolute atomic E-state index is 1.16. The standard InChI is InChI=1S/C58H46N2Si2/c1-61(2)53-35-33-48-47(57(53)49-31-29-43(37-55(49)61)59(41-21-7-5-8-22-41)51-27-15-19-39-17-11-13-25-45(39)51)34-36-54-58(48)50-32-30-44(38-56(50)62(54,3)4)60(42-23-9-6-10-24-42)52-28-16-20-40-18-12-14-26-46(40)52/h5-38H,1-4H3. The van der Waals surface area contributed by atoms with E-state index in [1.807, 2.05) is 0 Å². The molecule has 0 fully saturated rings. The predicted molar refractivity (Wildman–Crippen MR) is 273 cm³/mol. The van der Waals surface area contributed by atoms with Crippen molar-refractivity contribution in [3.05, 3.63) is 206 Å². The van der Waals surface area contributed by atoms with Crippen LogP contribution in [0.5, 0.6) is 0 Å². The molecule has 2 nitrogen and oxygen atoms in total. The van der Waals surface area contributed by atoms with Crippen molar-refractivity contribution in [3.8, 4) is 22.3 Å². The maximum absolute atomic E-state index is 2.55. The van der Waals surface area contributed by atoms with Crippen molar-refractivity contribution in [1.82, 2.24) is 0 Å². The summed E-state index contributed by atoms with van der Waals surface area (Å²) in [7, 11) is -4.17. The van der Waals surface area contributed by atoms with Crippen LogP contribution in [-0.2, 0) is 0 Å². The van der Waals surface area contributed by atoms with Gasteiger partial charge in [-0.1, -0.05) is 172 Å². The second-order valence-corrected chi connectivity index (χ2v) is 26.8. The Morgan fingerprint density at radius 3 is 1.11 bits per heavy atom. The highest BCUT2D eigenvalue weighted by Gasteiger charge is 2.42. The normalized spacial score (nSPS) is 14.1. The first-order chi connectivity index (χ1) is 30.3. The molecule has 62 heavy (non-hydrogen) atoms. The molecule has 0 saturated carbocycles. The van der Waals surface area contributed by atoms with Gasteiger partial charge in [0, 0.05) is 33.5 Å². The molecule has 0 atom stereocenters. The molecule has 0 spiro atoms. The summed E-state index contributed by atoms with van der Waals surface area (Å²) in [5.41, 5.74) is 12.8. The molecule has 0 amide bonds. The van der Waals surface area contributed by atoms with E-state index in [9.17, 15) is 0 Å². The smallest absolute Gasteiger partial charge is 0.113 e. The Balaban J connectivity index is 1.01. The number of benzene rings is 10. The Labute approximate surface area is 366 Å². The highest BCUT2D eigenvalue weighted by Crippen LogP contribution is 2.45. The summed E-state index contributed by atoms with van der Waals surface area (Å²) in [6.45, 7) is 10.2. The van der Waals surface area contributed by atoms with Gasteiger partial charge < -0.3 is 9.80 Å². The number of nitrogens with zero attached hydrogens (tertiary/aromatic N) is 2. The number of anilines is 6. The fraction of sp³-hybridized carbons (Fsp3) is 0.0690. The summed E-state index contributed by atoms with van der Waals surface area (Å²) < 4.78 is 0. The van der Waals surface area contributed by atoms with E-state index >= 15 is 0 Å². The second kappa shape index (κ2) is 13.8. The van der Waals surface area contributed by atoms with Crippen LogP contribution in [0.3, 0.4) is 0 Å². The molecule has 0 radical (unpaired) electrons. The molecule has 10 aromatic rings. The summed E-state index contributed by atoms with van der Waals surface area (Å²) in [5, 5.41) is 13.8. The van der Waals surface area contributed by atoms with Crippen molar-refractivity contribution in [2.75, 3.05) is 9.80 Å². The van der Waals surface area contributed by atoms with Gasteiger partial charge in [0.15, 0.2) is 0 Å². The Morgan fingerprint density at radius 1 is 0.290 bits per heavy atom. The molecule has 296 valence electrons. The second-order valence-electron chi connectivity index (χ2n) is 18.1. The van der Waals surface area contributed by atoms with Crippen LogP contribution in [0.1, 0.15) is 0 Å². The van der Waals surface area contributed by atoms with Gasteiger partial charge in [-0.2, -0.15) is 0 Å². The van der Waals surface area contributed by atoms with E-state index in [1.54, 1.807) is 0 Å². The molecule has 2 aliphatic heterocycles. The van der Waals surface area contributed by atoms with Crippen LogP contribution in [0.15, 0.2) is 206 Å². The van der Waals surface area contributed by atoms with E-state index in [-0.39, 0.29) is 0 Å². The van der Waals surface area contributed by atoms with Crippen LogP contribution in [-0.4, -0.2) is 16.1 Å². The van der Waals surface area contributed by atoms with Gasteiger partial charge in [0.05, 0.1) is 11.4 Å². The molecule has 2 heterocycles. The van der Waals surface area contributed by atoms with Gasteiger partial charge in [0.1, 0.15) is 16.1 Å². The van der Waals surface area contributed by atoms with Crippen molar-refractivity contribution in [2.45, 2.75) is 26.2 Å². The minimum Gasteiger partial charge on any atom is -0.310 e. The molecule has 0 aliphatic carbocycles. The first-order valence-electron chi connectivity index (χ1n) is 21.9. The van der Waals surface area contributed by atoms with E-state index in [2.05, 4.69) is 242 Å². The van der Waals surface area contributed by atoms with Crippen LogP contribution in [0, 0.1) is 0 Å². The third-order valence-electron chi connectivity index (χ3n) is 14.0. The number of para-hydroxylation sites is 2. The fourth-order valence-electron chi connectivity index (χ4n) is 10.9. The maximum atomic E-state index is 2.55. The van der Waals surface area contributed by atoms with Crippen LogP contribution in [0.2, 0.25) is 26.2 Å². The lowest BCUT2D eigenvalue weighted by Gasteiger charge is -2.28. The Morgan fingerprint density at radius 2 is 0.677 bits per heavy atom. The fourth-order valence-corrected chi connectivity index (χ4v) is 17.1. The molecule has 2 aliphatic rings. The number of rotatable bonds is 6. The van der Waals surface area contributed by atoms with E-state index in [0.717, 1.165) is 11.4 Å². The zero-order valence-electron chi connectivity index (χ0n) is 35.5. The van der Waals surface area contributed by atoms with Crippen molar-refractivity contribution in [1.29, 1.82) is 0 Å². The zero-order valence-corrected chi connectivity index (χ0v) is 37.5. The van der Waals surface area contributed by atoms with E-state index in [0.29, 0.717) is 0 Å². The lowest BCUT2D eigenvalue weighted by Crippen LogP contribution is -2.49. The highest BCUT2D eigenvalue weighted by atomic mass is 28.3. The van der Waals surface area contributed by atoms with Gasteiger partial charge in [-0.05, 0) is 125 Å². The van der Waals surface area contributed by atoms with E-state index in [1.165, 1.54) is 98.1 Å². The molecule has 10 aromatic carbocycles. The molecule has 0 N–H and O–H groups in total. The molecule has 0 aromatic heterocycles. The Bertz CT molecular complexity index is 3190. The van der Waals surface area contributed by atoms with Gasteiger partial charge in [-0.3, -0.25) is 0 Å². The zero-order chi connectivity index (χ0) is 41.7. The van der Waals surface area contributed by atoms with Gasteiger partial charge in [-0.15, -0.1) is 0 Å². The molecule has 0 bridgehead atoms. The van der Waals surface area contributed by atoms with Crippen molar-refractivity contribution < 1.29 is 0 Å². The van der Waals surface area contributed by atoms with Gasteiger partial charge in [0.25, 0.3) is 0 Å². The van der Waals surface area contributed by atoms with Crippen molar-refractivity contribution in [3.63, 3.8) is 0 Å². The highest BCUT2D eigenvalue weighted by molar-refractivity contribution is 7.05. The monoisotopic (exact) mass is 826 g/mol. The van der Waals surface area contributed by atoms with E-state index in [4.69, 9.17) is 0 Å². The third-order valence-corrected chi connectivity index (χ3v) is 21.0. The molecular formula is C58H46N2Si2. The average Bonchev–Trinajstić information content (AvgIpc) is 3.69. The van der Waals surface area contributed by atoms with Crippen LogP contribution >= 0.6 is 0 Å². The van der Waals surface area contributed by atoms with Crippen molar-refractivity contribution in [2.24, 2.45) is 0 Å². The Kier molecular flexibility index (Phi) is 8.18. The summed E-state index contributed by atoms with van der Waals surface area (Å²) in [6, 6.07) is 77.1. The largest absolute Gasteiger partial charge is 0.310 e. The van der Waals surface area contributed by atoms with Gasteiger partial charge in [0.2, 0.25) is 0 Å². The minimum atomic E-state index is -2.08. The SMILES string of the molecule is C[Si]1(C)c2cc(N(c3ccccc3)c3cccc4ccccc34)ccc2-c2c1ccc1c3c(ccc21)[Si](C)(C)c1cc(N(c2ccccc2)c2cccc4ccccc24)ccc1-3. The predicted octanol–water partition coefficient (Wildman–Crippen LogP) is 13.7. The maximum Gasteiger partial charge on any atom is 0.113 e. The lowest BCUT2D eigenvalue weighted by molar-refractivity contribution is 1.30. The third kappa shape index (κ3) is 5.40. The quantitative estimate of drug-likeness (QED) is 0.154. The summed E-state index contributed by atoms with van der Waals surface area (Å²) in [6.07, 6.45) is 0. The lowest BCUT2D eigenvalue weighted by atomic mass is 9.92. The first kappa shape index (κ1) is 36.8. The van der Waals surface area contributed by atoms with Crippen LogP contribution in [0.4, 0.5) is 34.1 Å². The van der Waals surface area contributed by atoms with E-state index < -0.39 is 16.1 Å². The number of fused-ring (bicyclic) bond motifs is 11. The first-order valence-corrected chi connectivity index (χ1v) is 27.9. The summed E-state index contributed by atoms with van der Waals surface area (Å²) >= 11 is 0. The molecule has 12 rings (SSSR count). The molecular weight excluding hydrogens is 781 g/mol. The van der Waals surface area contributed by atoms with Crippen LogP contribution < -0.4 is 30.5 Å².